The summed E-state index contributed by atoms with van der Waals surface area (Å²) in [6.07, 6.45) is -1.40. The molecule has 12 heteroatoms. The van der Waals surface area contributed by atoms with Gasteiger partial charge >= 0.3 is 0 Å². The maximum atomic E-state index is 14.5. The third-order valence-electron chi connectivity index (χ3n) is 5.17. The van der Waals surface area contributed by atoms with Crippen LogP contribution in [0.15, 0.2) is 51.5 Å². The van der Waals surface area contributed by atoms with Gasteiger partial charge in [0.1, 0.15) is 11.6 Å². The first-order chi connectivity index (χ1) is 17.4. The number of nitrogens with zero attached hydrogens (tertiary/aromatic N) is 4. The molecule has 2 N–H and O–H groups in total. The smallest absolute Gasteiger partial charge is 0.268 e. The first kappa shape index (κ1) is 24.9. The number of amides is 1. The number of halogens is 2. The van der Waals surface area contributed by atoms with Crippen molar-refractivity contribution in [3.63, 3.8) is 0 Å². The number of carbonyl (C=O) groups excluding carboxylic acids is 1. The van der Waals surface area contributed by atoms with E-state index in [1.165, 1.54) is 12.1 Å². The van der Waals surface area contributed by atoms with Gasteiger partial charge in [0.2, 0.25) is 17.5 Å². The Morgan fingerprint density at radius 2 is 1.75 bits per heavy atom. The lowest BCUT2D eigenvalue weighted by atomic mass is 10.1. The average molecular weight is 499 g/mol. The number of hydrogen-bond donors (Lipinski definition) is 2. The number of aliphatic hydroxyl groups is 1. The normalized spacial score (nSPS) is 12.8. The molecule has 0 aliphatic rings. The van der Waals surface area contributed by atoms with Crippen LogP contribution in [0.3, 0.4) is 0 Å². The summed E-state index contributed by atoms with van der Waals surface area (Å²) >= 11 is 0. The van der Waals surface area contributed by atoms with Gasteiger partial charge in [-0.15, -0.1) is 0 Å². The highest BCUT2D eigenvalue weighted by atomic mass is 19.1. The van der Waals surface area contributed by atoms with Crippen molar-refractivity contribution < 1.29 is 32.5 Å². The number of carbonyl (C=O) groups is 1. The predicted octanol–water partition coefficient (Wildman–Crippen LogP) is 4.04. The van der Waals surface area contributed by atoms with Crippen LogP contribution in [-0.4, -0.2) is 44.2 Å². The second-order valence-corrected chi connectivity index (χ2v) is 7.68. The van der Waals surface area contributed by atoms with E-state index in [4.69, 9.17) is 18.9 Å². The number of aromatic nitrogens is 4. The lowest BCUT2D eigenvalue weighted by molar-refractivity contribution is 0.0823. The summed E-state index contributed by atoms with van der Waals surface area (Å²) in [6.45, 7) is 2.89. The van der Waals surface area contributed by atoms with Crippen molar-refractivity contribution in [3.8, 4) is 28.5 Å². The van der Waals surface area contributed by atoms with Crippen LogP contribution in [0, 0.1) is 5.82 Å². The van der Waals surface area contributed by atoms with E-state index >= 15 is 0 Å². The largest absolute Gasteiger partial charge is 0.481 e. The molecule has 36 heavy (non-hydrogen) atoms. The molecule has 0 aliphatic heterocycles. The SMILES string of the molecule is CCc1nc(-c2ccc(OC(CC)c3nc(-c4ccc(C(=O)NC(F)CO)c(F)c4)no3)cc2)no1. The van der Waals surface area contributed by atoms with Crippen molar-refractivity contribution in [2.24, 2.45) is 0 Å². The quantitative estimate of drug-likeness (QED) is 0.310. The van der Waals surface area contributed by atoms with Crippen LogP contribution >= 0.6 is 0 Å². The first-order valence-corrected chi connectivity index (χ1v) is 11.2. The molecule has 4 rings (SSSR count). The highest BCUT2D eigenvalue weighted by Gasteiger charge is 2.22. The fraction of sp³-hybridized carbons (Fsp3) is 0.292. The molecule has 4 aromatic rings. The molecule has 1 amide bonds. The highest BCUT2D eigenvalue weighted by molar-refractivity contribution is 5.95. The molecule has 0 radical (unpaired) electrons. The minimum absolute atomic E-state index is 0.0933. The maximum absolute atomic E-state index is 14.5. The van der Waals surface area contributed by atoms with Crippen LogP contribution in [-0.2, 0) is 6.42 Å². The molecular formula is C24H23F2N5O5. The maximum Gasteiger partial charge on any atom is 0.268 e. The predicted molar refractivity (Wildman–Crippen MR) is 122 cm³/mol. The van der Waals surface area contributed by atoms with Gasteiger partial charge in [-0.3, -0.25) is 4.79 Å². The van der Waals surface area contributed by atoms with Gasteiger partial charge < -0.3 is 24.2 Å². The zero-order valence-corrected chi connectivity index (χ0v) is 19.4. The lowest BCUT2D eigenvalue weighted by Gasteiger charge is -2.13. The molecule has 0 saturated carbocycles. The zero-order chi connectivity index (χ0) is 25.7. The number of nitrogens with one attached hydrogen (secondary N) is 1. The molecule has 0 bridgehead atoms. The van der Waals surface area contributed by atoms with Crippen molar-refractivity contribution in [1.82, 2.24) is 25.6 Å². The molecule has 2 heterocycles. The summed E-state index contributed by atoms with van der Waals surface area (Å²) in [6, 6.07) is 10.7. The molecule has 0 fully saturated rings. The van der Waals surface area contributed by atoms with Crippen molar-refractivity contribution >= 4 is 5.91 Å². The Kier molecular flexibility index (Phi) is 7.64. The minimum Gasteiger partial charge on any atom is -0.481 e. The van der Waals surface area contributed by atoms with Gasteiger partial charge in [0.25, 0.3) is 11.8 Å². The Morgan fingerprint density at radius 3 is 2.39 bits per heavy atom. The van der Waals surface area contributed by atoms with Crippen LogP contribution in [0.1, 0.15) is 48.5 Å². The number of alkyl halides is 1. The van der Waals surface area contributed by atoms with E-state index < -0.39 is 30.7 Å². The number of rotatable bonds is 10. The lowest BCUT2D eigenvalue weighted by Crippen LogP contribution is -2.34. The molecule has 2 atom stereocenters. The van der Waals surface area contributed by atoms with Gasteiger partial charge in [-0.1, -0.05) is 30.2 Å². The van der Waals surface area contributed by atoms with E-state index in [1.54, 1.807) is 24.3 Å². The van der Waals surface area contributed by atoms with Crippen molar-refractivity contribution in [2.45, 2.75) is 39.1 Å². The number of aliphatic hydroxyl groups excluding tert-OH is 1. The summed E-state index contributed by atoms with van der Waals surface area (Å²) in [4.78, 5) is 20.5. The first-order valence-electron chi connectivity index (χ1n) is 11.2. The minimum atomic E-state index is -1.99. The van der Waals surface area contributed by atoms with Crippen molar-refractivity contribution in [1.29, 1.82) is 0 Å². The molecule has 2 aromatic carbocycles. The van der Waals surface area contributed by atoms with E-state index in [1.807, 2.05) is 19.2 Å². The second-order valence-electron chi connectivity index (χ2n) is 7.68. The van der Waals surface area contributed by atoms with Gasteiger partial charge in [0.15, 0.2) is 12.4 Å². The molecule has 0 spiro atoms. The Balaban J connectivity index is 1.46. The highest BCUT2D eigenvalue weighted by Crippen LogP contribution is 2.28. The summed E-state index contributed by atoms with van der Waals surface area (Å²) in [5.74, 6) is -0.0248. The Labute approximate surface area is 204 Å². The summed E-state index contributed by atoms with van der Waals surface area (Å²) in [5.41, 5.74) is 0.642. The van der Waals surface area contributed by atoms with E-state index in [9.17, 15) is 13.6 Å². The van der Waals surface area contributed by atoms with Gasteiger partial charge in [0.05, 0.1) is 12.2 Å². The molecule has 188 valence electrons. The van der Waals surface area contributed by atoms with Crippen molar-refractivity contribution in [3.05, 3.63) is 65.6 Å². The van der Waals surface area contributed by atoms with E-state index in [0.717, 1.165) is 11.6 Å². The van der Waals surface area contributed by atoms with Crippen LogP contribution in [0.2, 0.25) is 0 Å². The van der Waals surface area contributed by atoms with Gasteiger partial charge in [-0.2, -0.15) is 9.97 Å². The van der Waals surface area contributed by atoms with E-state index in [-0.39, 0.29) is 22.8 Å². The van der Waals surface area contributed by atoms with Gasteiger partial charge in [0, 0.05) is 17.5 Å². The van der Waals surface area contributed by atoms with Crippen LogP contribution in [0.4, 0.5) is 8.78 Å². The fourth-order valence-corrected chi connectivity index (χ4v) is 3.26. The zero-order valence-electron chi connectivity index (χ0n) is 19.4. The standard InChI is InChI=1S/C24H23F2N5O5/c1-3-18(34-15-8-5-13(6-9-15)21-28-20(4-2)35-30-21)24-29-22(31-36-24)14-7-10-16(17(25)11-14)23(33)27-19(26)12-32/h5-11,18-19,32H,3-4,12H2,1-2H3,(H,27,33). The van der Waals surface area contributed by atoms with Crippen LogP contribution in [0.5, 0.6) is 5.75 Å². The molecule has 2 aromatic heterocycles. The van der Waals surface area contributed by atoms with E-state index in [0.29, 0.717) is 30.3 Å². The van der Waals surface area contributed by atoms with Gasteiger partial charge in [-0.25, -0.2) is 8.78 Å². The second kappa shape index (κ2) is 11.0. The number of hydrogen-bond acceptors (Lipinski definition) is 9. The molecule has 0 aliphatic carbocycles. The van der Waals surface area contributed by atoms with Crippen molar-refractivity contribution in [2.75, 3.05) is 6.61 Å². The number of aryl methyl sites for hydroxylation is 1. The summed E-state index contributed by atoms with van der Waals surface area (Å²) in [7, 11) is 0. The third kappa shape index (κ3) is 5.54. The molecule has 2 unspecified atom stereocenters. The summed E-state index contributed by atoms with van der Waals surface area (Å²) in [5, 5.41) is 18.4. The average Bonchev–Trinajstić information content (AvgIpc) is 3.57. The van der Waals surface area contributed by atoms with Crippen LogP contribution < -0.4 is 10.1 Å². The third-order valence-corrected chi connectivity index (χ3v) is 5.17. The number of benzene rings is 2. The molecule has 10 nitrogen and oxygen atoms in total. The summed E-state index contributed by atoms with van der Waals surface area (Å²) < 4.78 is 44.1. The monoisotopic (exact) mass is 499 g/mol. The topological polar surface area (TPSA) is 136 Å². The Morgan fingerprint density at radius 1 is 1.06 bits per heavy atom. The van der Waals surface area contributed by atoms with Gasteiger partial charge in [-0.05, 0) is 42.8 Å². The Hall–Kier alpha value is -4.19. The Bertz CT molecular complexity index is 1320. The molecular weight excluding hydrogens is 476 g/mol. The van der Waals surface area contributed by atoms with E-state index in [2.05, 4.69) is 20.3 Å². The van der Waals surface area contributed by atoms with Crippen LogP contribution in [0.25, 0.3) is 22.8 Å². The fourth-order valence-electron chi connectivity index (χ4n) is 3.26. The number of ether oxygens (including phenoxy) is 1. The molecule has 0 saturated heterocycles.